The molecule has 1 fully saturated rings. The molecule has 30 heavy (non-hydrogen) atoms. The Bertz CT molecular complexity index is 1180. The van der Waals surface area contributed by atoms with Crippen LogP contribution in [0.1, 0.15) is 12.5 Å². The van der Waals surface area contributed by atoms with Gasteiger partial charge in [0.25, 0.3) is 0 Å². The molecule has 4 heterocycles. The van der Waals surface area contributed by atoms with Crippen LogP contribution >= 0.6 is 0 Å². The maximum absolute atomic E-state index is 12.8. The first-order chi connectivity index (χ1) is 14.7. The summed E-state index contributed by atoms with van der Waals surface area (Å²) in [6, 6.07) is 13.0. The number of methoxy groups -OCH3 is 1. The number of nitrogens with zero attached hydrogens (tertiary/aromatic N) is 4. The zero-order valence-electron chi connectivity index (χ0n) is 16.5. The van der Waals surface area contributed by atoms with E-state index in [1.165, 1.54) is 0 Å². The van der Waals surface area contributed by atoms with Gasteiger partial charge in [0.2, 0.25) is 0 Å². The van der Waals surface area contributed by atoms with E-state index in [1.54, 1.807) is 31.9 Å². The van der Waals surface area contributed by atoms with Crippen LogP contribution in [-0.2, 0) is 0 Å². The van der Waals surface area contributed by atoms with Crippen molar-refractivity contribution in [2.45, 2.75) is 12.5 Å². The number of rotatable bonds is 4. The second-order valence-corrected chi connectivity index (χ2v) is 7.21. The lowest BCUT2D eigenvalue weighted by molar-refractivity contribution is 0.221. The number of anilines is 1. The molecule has 0 aliphatic carbocycles. The molecule has 0 unspecified atom stereocenters. The van der Waals surface area contributed by atoms with Crippen LogP contribution in [0.25, 0.3) is 22.6 Å². The molecule has 8 nitrogen and oxygen atoms in total. The number of pyridine rings is 1. The summed E-state index contributed by atoms with van der Waals surface area (Å²) in [4.78, 5) is 24.0. The van der Waals surface area contributed by atoms with Gasteiger partial charge in [-0.25, -0.2) is 14.8 Å². The molecule has 8 heteroatoms. The fraction of sp³-hybridized carbons (Fsp3) is 0.227. The Morgan fingerprint density at radius 2 is 2.20 bits per heavy atom. The summed E-state index contributed by atoms with van der Waals surface area (Å²) in [5.41, 5.74) is 3.24. The molecule has 1 atom stereocenters. The number of furan rings is 1. The van der Waals surface area contributed by atoms with Gasteiger partial charge in [-0.2, -0.15) is 0 Å². The van der Waals surface area contributed by atoms with Gasteiger partial charge in [0.1, 0.15) is 23.4 Å². The molecule has 1 saturated heterocycles. The highest BCUT2D eigenvalue weighted by atomic mass is 16.5. The average Bonchev–Trinajstić information content (AvgIpc) is 3.52. The monoisotopic (exact) mass is 403 g/mol. The lowest BCUT2D eigenvalue weighted by Gasteiger charge is -2.19. The van der Waals surface area contributed by atoms with E-state index in [9.17, 15) is 4.79 Å². The number of ether oxygens (including phenoxy) is 1. The van der Waals surface area contributed by atoms with Crippen molar-refractivity contribution < 1.29 is 13.9 Å². The highest BCUT2D eigenvalue weighted by Crippen LogP contribution is 2.32. The molecule has 5 rings (SSSR count). The molecule has 0 radical (unpaired) electrons. The zero-order chi connectivity index (χ0) is 20.5. The molecule has 0 bridgehead atoms. The maximum atomic E-state index is 12.8. The average molecular weight is 403 g/mol. The maximum Gasteiger partial charge on any atom is 0.321 e. The molecule has 3 aromatic heterocycles. The van der Waals surface area contributed by atoms with Gasteiger partial charge < -0.3 is 23.9 Å². The van der Waals surface area contributed by atoms with E-state index in [4.69, 9.17) is 14.1 Å². The fourth-order valence-corrected chi connectivity index (χ4v) is 3.91. The van der Waals surface area contributed by atoms with Gasteiger partial charge in [0, 0.05) is 31.0 Å². The van der Waals surface area contributed by atoms with Crippen molar-refractivity contribution in [2.24, 2.45) is 0 Å². The first-order valence-corrected chi connectivity index (χ1v) is 9.78. The number of benzene rings is 1. The van der Waals surface area contributed by atoms with Crippen molar-refractivity contribution >= 4 is 22.9 Å². The topological polar surface area (TPSA) is 85.4 Å². The van der Waals surface area contributed by atoms with Crippen LogP contribution in [-0.4, -0.2) is 45.7 Å². The number of carbonyl (C=O) groups is 1. The van der Waals surface area contributed by atoms with E-state index in [0.29, 0.717) is 24.5 Å². The molecule has 4 aromatic rings. The number of likely N-dealkylation sites (tertiary alicyclic amines) is 1. The predicted octanol–water partition coefficient (Wildman–Crippen LogP) is 4.18. The minimum absolute atomic E-state index is 0.0749. The lowest BCUT2D eigenvalue weighted by Crippen LogP contribution is -2.33. The van der Waals surface area contributed by atoms with Gasteiger partial charge in [-0.3, -0.25) is 0 Å². The Morgan fingerprint density at radius 1 is 1.27 bits per heavy atom. The minimum Gasteiger partial charge on any atom is -0.497 e. The first-order valence-electron chi connectivity index (χ1n) is 9.78. The van der Waals surface area contributed by atoms with Gasteiger partial charge in [-0.05, 0) is 36.8 Å². The summed E-state index contributed by atoms with van der Waals surface area (Å²) >= 11 is 0. The fourth-order valence-electron chi connectivity index (χ4n) is 3.91. The number of amides is 2. The molecule has 1 aliphatic rings. The number of hydrogen-bond donors (Lipinski definition) is 1. The van der Waals surface area contributed by atoms with Gasteiger partial charge in [-0.15, -0.1) is 0 Å². The lowest BCUT2D eigenvalue weighted by atomic mass is 10.2. The highest BCUT2D eigenvalue weighted by Gasteiger charge is 2.31. The summed E-state index contributed by atoms with van der Waals surface area (Å²) in [6.45, 7) is 1.22. The third-order valence-corrected chi connectivity index (χ3v) is 5.36. The summed E-state index contributed by atoms with van der Waals surface area (Å²) in [7, 11) is 1.60. The highest BCUT2D eigenvalue weighted by molar-refractivity contribution is 5.89. The van der Waals surface area contributed by atoms with Crippen LogP contribution in [0.3, 0.4) is 0 Å². The second kappa shape index (κ2) is 7.55. The zero-order valence-corrected chi connectivity index (χ0v) is 16.5. The smallest absolute Gasteiger partial charge is 0.321 e. The van der Waals surface area contributed by atoms with Crippen molar-refractivity contribution in [1.29, 1.82) is 0 Å². The molecule has 1 aromatic carbocycles. The summed E-state index contributed by atoms with van der Waals surface area (Å²) in [6.07, 6.45) is 5.90. The normalized spacial score (nSPS) is 16.2. The Balaban J connectivity index is 1.40. The number of urea groups is 1. The van der Waals surface area contributed by atoms with E-state index in [1.807, 2.05) is 41.3 Å². The second-order valence-electron chi connectivity index (χ2n) is 7.21. The van der Waals surface area contributed by atoms with Crippen LogP contribution in [0.4, 0.5) is 10.5 Å². The van der Waals surface area contributed by atoms with Gasteiger partial charge >= 0.3 is 6.03 Å². The van der Waals surface area contributed by atoms with E-state index in [0.717, 1.165) is 29.0 Å². The third kappa shape index (κ3) is 3.26. The predicted molar refractivity (Wildman–Crippen MR) is 112 cm³/mol. The van der Waals surface area contributed by atoms with Crippen molar-refractivity contribution in [1.82, 2.24) is 19.4 Å². The SMILES string of the molecule is COc1cccc(NC(=O)N2CC[C@H](n3c(-c4ccoc4)nc4cccnc43)C2)c1. The Hall–Kier alpha value is -3.81. The number of aromatic nitrogens is 3. The van der Waals surface area contributed by atoms with Gasteiger partial charge in [0.05, 0.1) is 25.0 Å². The number of nitrogens with one attached hydrogen (secondary N) is 1. The minimum atomic E-state index is -0.131. The summed E-state index contributed by atoms with van der Waals surface area (Å²) < 4.78 is 12.6. The van der Waals surface area contributed by atoms with Crippen molar-refractivity contribution in [3.05, 3.63) is 61.2 Å². The van der Waals surface area contributed by atoms with E-state index in [2.05, 4.69) is 14.9 Å². The van der Waals surface area contributed by atoms with Crippen molar-refractivity contribution in [3.8, 4) is 17.1 Å². The van der Waals surface area contributed by atoms with Crippen LogP contribution in [0.2, 0.25) is 0 Å². The number of imidazole rings is 1. The molecule has 1 N–H and O–H groups in total. The third-order valence-electron chi connectivity index (χ3n) is 5.36. The standard InChI is InChI=1S/C22H21N5O3/c1-29-18-5-2-4-16(12-18)24-22(28)26-10-7-17(13-26)27-20(15-8-11-30-14-15)25-19-6-3-9-23-21(19)27/h2-6,8-9,11-12,14,17H,7,10,13H2,1H3,(H,24,28)/t17-/m0/s1. The van der Waals surface area contributed by atoms with E-state index < -0.39 is 0 Å². The van der Waals surface area contributed by atoms with E-state index in [-0.39, 0.29) is 12.1 Å². The quantitative estimate of drug-likeness (QED) is 0.553. The van der Waals surface area contributed by atoms with E-state index >= 15 is 0 Å². The molecule has 0 saturated carbocycles. The Kier molecular flexibility index (Phi) is 4.59. The van der Waals surface area contributed by atoms with Crippen LogP contribution < -0.4 is 10.1 Å². The van der Waals surface area contributed by atoms with Crippen molar-refractivity contribution in [3.63, 3.8) is 0 Å². The number of fused-ring (bicyclic) bond motifs is 1. The number of carbonyl (C=O) groups excluding carboxylic acids is 1. The Labute approximate surface area is 173 Å². The Morgan fingerprint density at radius 3 is 3.03 bits per heavy atom. The van der Waals surface area contributed by atoms with Crippen LogP contribution in [0.15, 0.2) is 65.6 Å². The van der Waals surface area contributed by atoms with Gasteiger partial charge in [0.15, 0.2) is 5.65 Å². The van der Waals surface area contributed by atoms with Crippen LogP contribution in [0.5, 0.6) is 5.75 Å². The largest absolute Gasteiger partial charge is 0.497 e. The molecular formula is C22H21N5O3. The molecule has 0 spiro atoms. The van der Waals surface area contributed by atoms with Gasteiger partial charge in [-0.1, -0.05) is 6.07 Å². The number of hydrogen-bond acceptors (Lipinski definition) is 5. The summed E-state index contributed by atoms with van der Waals surface area (Å²) in [5, 5.41) is 2.96. The summed E-state index contributed by atoms with van der Waals surface area (Å²) in [5.74, 6) is 1.50. The molecular weight excluding hydrogens is 382 g/mol. The van der Waals surface area contributed by atoms with Crippen molar-refractivity contribution in [2.75, 3.05) is 25.5 Å². The molecule has 152 valence electrons. The molecule has 1 aliphatic heterocycles. The molecule has 2 amide bonds. The van der Waals surface area contributed by atoms with Crippen LogP contribution in [0, 0.1) is 0 Å². The first kappa shape index (κ1) is 18.2.